The second-order valence-corrected chi connectivity index (χ2v) is 9.98. The van der Waals surface area contributed by atoms with Gasteiger partial charge in [-0.2, -0.15) is 0 Å². The van der Waals surface area contributed by atoms with Gasteiger partial charge in [-0.25, -0.2) is 0 Å². The number of hydrogen-bond donors (Lipinski definition) is 0. The first-order valence-corrected chi connectivity index (χ1v) is 12.4. The fraction of sp³-hybridized carbons (Fsp3) is 0.250. The molecule has 0 aliphatic heterocycles. The van der Waals surface area contributed by atoms with Crippen molar-refractivity contribution in [1.29, 1.82) is 0 Å². The van der Waals surface area contributed by atoms with Crippen LogP contribution in [0.25, 0.3) is 43.6 Å². The van der Waals surface area contributed by atoms with Crippen LogP contribution in [-0.2, 0) is 17.1 Å². The Labute approximate surface area is 229 Å². The van der Waals surface area contributed by atoms with Crippen molar-refractivity contribution >= 4 is 43.6 Å². The summed E-state index contributed by atoms with van der Waals surface area (Å²) >= 11 is 0. The van der Waals surface area contributed by atoms with Crippen LogP contribution in [0.15, 0.2) is 49.1 Å². The first kappa shape index (κ1) is 26.7. The smallest absolute Gasteiger partial charge is 0.0967 e. The predicted octanol–water partition coefficient (Wildman–Crippen LogP) is 8.03. The maximum absolute atomic E-state index is 4.58. The number of benzene rings is 2. The summed E-state index contributed by atoms with van der Waals surface area (Å²) in [6.45, 7) is 17.0. The van der Waals surface area contributed by atoms with Crippen molar-refractivity contribution in [2.24, 2.45) is 0 Å². The third-order valence-electron chi connectivity index (χ3n) is 7.83. The maximum Gasteiger partial charge on any atom is 0.0967 e. The van der Waals surface area contributed by atoms with Crippen LogP contribution in [0.1, 0.15) is 44.5 Å². The predicted molar refractivity (Wildman–Crippen MR) is 152 cm³/mol. The summed E-state index contributed by atoms with van der Waals surface area (Å²) in [6, 6.07) is 8.67. The summed E-state index contributed by atoms with van der Waals surface area (Å²) in [6.07, 6.45) is 7.75. The third kappa shape index (κ3) is 4.47. The zero-order chi connectivity index (χ0) is 25.7. The van der Waals surface area contributed by atoms with Crippen molar-refractivity contribution in [3.05, 3.63) is 93.6 Å². The van der Waals surface area contributed by atoms with Gasteiger partial charge in [0.1, 0.15) is 0 Å². The molecule has 0 saturated heterocycles. The molecule has 0 fully saturated rings. The minimum atomic E-state index is 0. The van der Waals surface area contributed by atoms with Crippen LogP contribution in [0.5, 0.6) is 0 Å². The van der Waals surface area contributed by atoms with Crippen molar-refractivity contribution in [3.63, 3.8) is 0 Å². The molecule has 0 N–H and O–H groups in total. The topological polar surface area (TPSA) is 51.6 Å². The molecule has 0 unspecified atom stereocenters. The second kappa shape index (κ2) is 10.2. The number of hydrogen-bond acceptors (Lipinski definition) is 4. The number of aromatic nitrogens is 4. The van der Waals surface area contributed by atoms with Gasteiger partial charge >= 0.3 is 0 Å². The van der Waals surface area contributed by atoms with Crippen LogP contribution in [0, 0.1) is 55.4 Å². The standard InChI is InChI=1S/2C16H16N2.Cu/c2*1-9-7-17-15-13(11(9)3)5-6-14-12(4)10(2)8-18-16(14)15;/h2*5-8H,1-4H3;. The molecule has 0 atom stereocenters. The van der Waals surface area contributed by atoms with E-state index in [0.29, 0.717) is 0 Å². The first-order chi connectivity index (χ1) is 17.2. The summed E-state index contributed by atoms with van der Waals surface area (Å²) in [5.74, 6) is 0. The van der Waals surface area contributed by atoms with Gasteiger partial charge in [-0.3, -0.25) is 19.9 Å². The van der Waals surface area contributed by atoms with E-state index >= 15 is 0 Å². The van der Waals surface area contributed by atoms with Crippen LogP contribution < -0.4 is 0 Å². The minimum absolute atomic E-state index is 0. The van der Waals surface area contributed by atoms with E-state index in [1.165, 1.54) is 66.1 Å². The molecule has 4 aromatic heterocycles. The summed E-state index contributed by atoms with van der Waals surface area (Å²) in [5, 5.41) is 4.83. The summed E-state index contributed by atoms with van der Waals surface area (Å²) in [5.41, 5.74) is 14.1. The maximum atomic E-state index is 4.58. The monoisotopic (exact) mass is 535 g/mol. The molecule has 4 nitrogen and oxygen atoms in total. The van der Waals surface area contributed by atoms with Crippen LogP contribution in [0.3, 0.4) is 0 Å². The van der Waals surface area contributed by atoms with E-state index in [4.69, 9.17) is 0 Å². The average Bonchev–Trinajstić information content (AvgIpc) is 2.88. The van der Waals surface area contributed by atoms with Crippen molar-refractivity contribution in [3.8, 4) is 0 Å². The molecule has 191 valence electrons. The van der Waals surface area contributed by atoms with Gasteiger partial charge in [0.2, 0.25) is 0 Å². The van der Waals surface area contributed by atoms with Gasteiger partial charge in [-0.15, -0.1) is 0 Å². The van der Waals surface area contributed by atoms with Crippen molar-refractivity contribution < 1.29 is 17.1 Å². The fourth-order valence-corrected chi connectivity index (χ4v) is 4.77. The molecule has 0 bridgehead atoms. The molecule has 4 heterocycles. The molecule has 0 aliphatic carbocycles. The summed E-state index contributed by atoms with van der Waals surface area (Å²) in [4.78, 5) is 18.3. The van der Waals surface area contributed by atoms with Crippen molar-refractivity contribution in [2.75, 3.05) is 0 Å². The average molecular weight is 536 g/mol. The molecule has 6 rings (SSSR count). The van der Waals surface area contributed by atoms with Gasteiger partial charge in [-0.05, 0) is 99.9 Å². The normalized spacial score (nSPS) is 11.0. The molecule has 6 aromatic rings. The van der Waals surface area contributed by atoms with Gasteiger partial charge in [0.25, 0.3) is 0 Å². The molecule has 1 radical (unpaired) electrons. The minimum Gasteiger partial charge on any atom is -0.254 e. The van der Waals surface area contributed by atoms with E-state index in [0.717, 1.165) is 22.1 Å². The van der Waals surface area contributed by atoms with Gasteiger partial charge in [0.15, 0.2) is 0 Å². The van der Waals surface area contributed by atoms with E-state index in [-0.39, 0.29) is 17.1 Å². The molecule has 0 saturated carbocycles. The Balaban J connectivity index is 0.000000168. The van der Waals surface area contributed by atoms with E-state index in [1.807, 2.05) is 24.8 Å². The SMILES string of the molecule is Cc1cnc2c(ccc3c(C)c(C)cnc32)c1C.Cc1cnc2c(ccc3c(C)c(C)cnc32)c1C.[Cu]. The molecular formula is C32H32CuN4. The van der Waals surface area contributed by atoms with E-state index in [9.17, 15) is 0 Å². The Morgan fingerprint density at radius 1 is 0.351 bits per heavy atom. The Morgan fingerprint density at radius 3 is 0.730 bits per heavy atom. The Hall–Kier alpha value is -3.40. The number of rotatable bonds is 0. The molecule has 0 amide bonds. The number of pyridine rings is 4. The van der Waals surface area contributed by atoms with Crippen molar-refractivity contribution in [1.82, 2.24) is 19.9 Å². The van der Waals surface area contributed by atoms with Crippen LogP contribution >= 0.6 is 0 Å². The van der Waals surface area contributed by atoms with Crippen LogP contribution in [-0.4, -0.2) is 19.9 Å². The summed E-state index contributed by atoms with van der Waals surface area (Å²) < 4.78 is 0. The molecular weight excluding hydrogens is 504 g/mol. The summed E-state index contributed by atoms with van der Waals surface area (Å²) in [7, 11) is 0. The van der Waals surface area contributed by atoms with Gasteiger partial charge in [-0.1, -0.05) is 24.3 Å². The fourth-order valence-electron chi connectivity index (χ4n) is 4.77. The van der Waals surface area contributed by atoms with Crippen LogP contribution in [0.4, 0.5) is 0 Å². The molecule has 37 heavy (non-hydrogen) atoms. The Kier molecular flexibility index (Phi) is 7.32. The van der Waals surface area contributed by atoms with E-state index in [2.05, 4.69) is 99.6 Å². The Bertz CT molecular complexity index is 1550. The van der Waals surface area contributed by atoms with E-state index < -0.39 is 0 Å². The number of nitrogens with zero attached hydrogens (tertiary/aromatic N) is 4. The number of aryl methyl sites for hydroxylation is 8. The van der Waals surface area contributed by atoms with Gasteiger partial charge < -0.3 is 0 Å². The quantitative estimate of drug-likeness (QED) is 0.146. The number of fused-ring (bicyclic) bond motifs is 6. The first-order valence-electron chi connectivity index (χ1n) is 12.4. The zero-order valence-electron chi connectivity index (χ0n) is 22.7. The zero-order valence-corrected chi connectivity index (χ0v) is 23.7. The second-order valence-electron chi connectivity index (χ2n) is 9.98. The largest absolute Gasteiger partial charge is 0.254 e. The Morgan fingerprint density at radius 2 is 0.541 bits per heavy atom. The van der Waals surface area contributed by atoms with Gasteiger partial charge in [0, 0.05) is 63.4 Å². The van der Waals surface area contributed by atoms with Crippen LogP contribution in [0.2, 0.25) is 0 Å². The van der Waals surface area contributed by atoms with Crippen molar-refractivity contribution in [2.45, 2.75) is 55.4 Å². The molecule has 0 aliphatic rings. The molecule has 2 aromatic carbocycles. The molecule has 0 spiro atoms. The molecule has 5 heteroatoms. The van der Waals surface area contributed by atoms with E-state index in [1.54, 1.807) is 0 Å². The third-order valence-corrected chi connectivity index (χ3v) is 7.83. The van der Waals surface area contributed by atoms with Gasteiger partial charge in [0.05, 0.1) is 22.1 Å².